The van der Waals surface area contributed by atoms with Gasteiger partial charge in [-0.05, 0) is 26.8 Å². The summed E-state index contributed by atoms with van der Waals surface area (Å²) in [4.78, 5) is 15.7. The number of carbonyl (C=O) groups excluding carboxylic acids is 1. The van der Waals surface area contributed by atoms with Gasteiger partial charge in [0.05, 0.1) is 11.7 Å². The van der Waals surface area contributed by atoms with Crippen molar-refractivity contribution in [3.05, 3.63) is 23.6 Å². The Morgan fingerprint density at radius 3 is 2.89 bits per heavy atom. The lowest BCUT2D eigenvalue weighted by molar-refractivity contribution is 0.0693. The molecule has 19 heavy (non-hydrogen) atoms. The van der Waals surface area contributed by atoms with Crippen molar-refractivity contribution >= 4 is 11.7 Å². The summed E-state index contributed by atoms with van der Waals surface area (Å²) in [5.74, 6) is -1.01. The smallest absolute Gasteiger partial charge is 0.254 e. The van der Waals surface area contributed by atoms with Gasteiger partial charge in [0.2, 0.25) is 0 Å². The molecule has 106 valence electrons. The Balaban J connectivity index is 2.69. The molecule has 1 amide bonds. The standard InChI is InChI=1S/C13H20FN3O2/c1-4-15-12-11(14)10(6-7-16-12)13(18)17-8-9(3)19-5-2/h6-7,9H,4-5,8H2,1-3H3,(H,15,16)(H,17,18). The summed E-state index contributed by atoms with van der Waals surface area (Å²) in [7, 11) is 0. The van der Waals surface area contributed by atoms with Crippen LogP contribution in [-0.2, 0) is 4.74 Å². The quantitative estimate of drug-likeness (QED) is 0.792. The van der Waals surface area contributed by atoms with Gasteiger partial charge in [0.1, 0.15) is 0 Å². The molecule has 1 atom stereocenters. The number of nitrogens with one attached hydrogen (secondary N) is 2. The van der Waals surface area contributed by atoms with Crippen molar-refractivity contribution < 1.29 is 13.9 Å². The monoisotopic (exact) mass is 269 g/mol. The Bertz CT molecular complexity index is 426. The largest absolute Gasteiger partial charge is 0.377 e. The summed E-state index contributed by atoms with van der Waals surface area (Å²) in [5.41, 5.74) is -0.0188. The van der Waals surface area contributed by atoms with Crippen molar-refractivity contribution in [2.24, 2.45) is 0 Å². The minimum absolute atomic E-state index is 0.0188. The van der Waals surface area contributed by atoms with Gasteiger partial charge in [-0.3, -0.25) is 4.79 Å². The molecule has 0 aliphatic carbocycles. The average molecular weight is 269 g/mol. The summed E-state index contributed by atoms with van der Waals surface area (Å²) in [6, 6.07) is 1.36. The van der Waals surface area contributed by atoms with Gasteiger partial charge in [-0.15, -0.1) is 0 Å². The van der Waals surface area contributed by atoms with E-state index in [1.165, 1.54) is 12.3 Å². The summed E-state index contributed by atoms with van der Waals surface area (Å²) >= 11 is 0. The van der Waals surface area contributed by atoms with Crippen LogP contribution >= 0.6 is 0 Å². The number of pyridine rings is 1. The number of nitrogens with zero attached hydrogens (tertiary/aromatic N) is 1. The van der Waals surface area contributed by atoms with Crippen LogP contribution in [0.5, 0.6) is 0 Å². The molecule has 6 heteroatoms. The van der Waals surface area contributed by atoms with Gasteiger partial charge in [0.25, 0.3) is 5.91 Å². The van der Waals surface area contributed by atoms with E-state index in [-0.39, 0.29) is 17.5 Å². The number of aromatic nitrogens is 1. The first kappa shape index (κ1) is 15.4. The molecule has 5 nitrogen and oxygen atoms in total. The Labute approximate surface area is 112 Å². The maximum atomic E-state index is 14.0. The van der Waals surface area contributed by atoms with Gasteiger partial charge in [-0.25, -0.2) is 9.37 Å². The van der Waals surface area contributed by atoms with Gasteiger partial charge in [-0.2, -0.15) is 0 Å². The van der Waals surface area contributed by atoms with E-state index in [9.17, 15) is 9.18 Å². The molecule has 1 heterocycles. The van der Waals surface area contributed by atoms with Gasteiger partial charge in [0, 0.05) is 25.9 Å². The average Bonchev–Trinajstić information content (AvgIpc) is 2.39. The lowest BCUT2D eigenvalue weighted by Gasteiger charge is -2.13. The summed E-state index contributed by atoms with van der Waals surface area (Å²) < 4.78 is 19.3. The highest BCUT2D eigenvalue weighted by Gasteiger charge is 2.16. The molecule has 0 aliphatic heterocycles. The predicted molar refractivity (Wildman–Crippen MR) is 71.8 cm³/mol. The molecule has 0 spiro atoms. The molecule has 0 aliphatic rings. The number of hydrogen-bond donors (Lipinski definition) is 2. The van der Waals surface area contributed by atoms with E-state index < -0.39 is 11.7 Å². The molecule has 0 radical (unpaired) electrons. The first-order valence-electron chi connectivity index (χ1n) is 6.38. The van der Waals surface area contributed by atoms with Gasteiger partial charge < -0.3 is 15.4 Å². The number of anilines is 1. The highest BCUT2D eigenvalue weighted by Crippen LogP contribution is 2.14. The van der Waals surface area contributed by atoms with Crippen molar-refractivity contribution in [1.82, 2.24) is 10.3 Å². The third-order valence-electron chi connectivity index (χ3n) is 2.48. The molecule has 1 aromatic rings. The number of amides is 1. The van der Waals surface area contributed by atoms with Crippen molar-refractivity contribution in [2.75, 3.05) is 25.0 Å². The Hall–Kier alpha value is -1.69. The van der Waals surface area contributed by atoms with Crippen LogP contribution in [0.3, 0.4) is 0 Å². The fraction of sp³-hybridized carbons (Fsp3) is 0.538. The third kappa shape index (κ3) is 4.48. The zero-order valence-electron chi connectivity index (χ0n) is 11.5. The third-order valence-corrected chi connectivity index (χ3v) is 2.48. The van der Waals surface area contributed by atoms with Crippen LogP contribution in [0.25, 0.3) is 0 Å². The fourth-order valence-corrected chi connectivity index (χ4v) is 1.58. The Morgan fingerprint density at radius 1 is 1.53 bits per heavy atom. The van der Waals surface area contributed by atoms with Crippen LogP contribution in [0.4, 0.5) is 10.2 Å². The van der Waals surface area contributed by atoms with Crippen molar-refractivity contribution in [2.45, 2.75) is 26.9 Å². The van der Waals surface area contributed by atoms with Crippen LogP contribution in [0.15, 0.2) is 12.3 Å². The van der Waals surface area contributed by atoms with E-state index in [0.717, 1.165) is 0 Å². The Morgan fingerprint density at radius 2 is 2.26 bits per heavy atom. The summed E-state index contributed by atoms with van der Waals surface area (Å²) in [6.45, 7) is 7.00. The fourth-order valence-electron chi connectivity index (χ4n) is 1.58. The molecule has 1 aromatic heterocycles. The minimum Gasteiger partial charge on any atom is -0.377 e. The zero-order valence-corrected chi connectivity index (χ0v) is 11.5. The first-order chi connectivity index (χ1) is 9.10. The van der Waals surface area contributed by atoms with Crippen molar-refractivity contribution in [3.63, 3.8) is 0 Å². The number of hydrogen-bond acceptors (Lipinski definition) is 4. The molecule has 0 saturated heterocycles. The molecule has 2 N–H and O–H groups in total. The highest BCUT2D eigenvalue weighted by molar-refractivity contribution is 5.95. The van der Waals surface area contributed by atoms with E-state index >= 15 is 0 Å². The molecule has 0 aromatic carbocycles. The molecule has 1 rings (SSSR count). The van der Waals surface area contributed by atoms with Crippen LogP contribution in [0.2, 0.25) is 0 Å². The van der Waals surface area contributed by atoms with Gasteiger partial charge in [0.15, 0.2) is 11.6 Å². The molecular formula is C13H20FN3O2. The van der Waals surface area contributed by atoms with E-state index in [0.29, 0.717) is 19.7 Å². The van der Waals surface area contributed by atoms with Crippen molar-refractivity contribution in [1.29, 1.82) is 0 Å². The topological polar surface area (TPSA) is 63.2 Å². The molecule has 0 bridgehead atoms. The van der Waals surface area contributed by atoms with E-state index in [1.807, 2.05) is 20.8 Å². The van der Waals surface area contributed by atoms with Gasteiger partial charge >= 0.3 is 0 Å². The second kappa shape index (κ2) is 7.68. The van der Waals surface area contributed by atoms with Gasteiger partial charge in [-0.1, -0.05) is 0 Å². The first-order valence-corrected chi connectivity index (χ1v) is 6.38. The predicted octanol–water partition coefficient (Wildman–Crippen LogP) is 1.81. The van der Waals surface area contributed by atoms with Crippen LogP contribution in [0.1, 0.15) is 31.1 Å². The molecular weight excluding hydrogens is 249 g/mol. The summed E-state index contributed by atoms with van der Waals surface area (Å²) in [5, 5.41) is 5.40. The van der Waals surface area contributed by atoms with Crippen LogP contribution < -0.4 is 10.6 Å². The van der Waals surface area contributed by atoms with E-state index in [1.54, 1.807) is 0 Å². The number of halogens is 1. The maximum Gasteiger partial charge on any atom is 0.254 e. The zero-order chi connectivity index (χ0) is 14.3. The maximum absolute atomic E-state index is 14.0. The molecule has 1 unspecified atom stereocenters. The van der Waals surface area contributed by atoms with E-state index in [2.05, 4.69) is 15.6 Å². The lowest BCUT2D eigenvalue weighted by atomic mass is 10.2. The second-order valence-electron chi connectivity index (χ2n) is 4.03. The Kier molecular flexibility index (Phi) is 6.21. The lowest BCUT2D eigenvalue weighted by Crippen LogP contribution is -2.32. The molecule has 0 fully saturated rings. The molecule has 0 saturated carbocycles. The van der Waals surface area contributed by atoms with Crippen molar-refractivity contribution in [3.8, 4) is 0 Å². The second-order valence-corrected chi connectivity index (χ2v) is 4.03. The van der Waals surface area contributed by atoms with Crippen LogP contribution in [0, 0.1) is 5.82 Å². The minimum atomic E-state index is -0.633. The number of ether oxygens (including phenoxy) is 1. The highest BCUT2D eigenvalue weighted by atomic mass is 19.1. The van der Waals surface area contributed by atoms with E-state index in [4.69, 9.17) is 4.74 Å². The number of carbonyl (C=O) groups is 1. The SMILES string of the molecule is CCNc1nccc(C(=O)NCC(C)OCC)c1F. The van der Waals surface area contributed by atoms with Crippen LogP contribution in [-0.4, -0.2) is 36.7 Å². The normalized spacial score (nSPS) is 12.0. The summed E-state index contributed by atoms with van der Waals surface area (Å²) in [6.07, 6.45) is 1.30. The number of rotatable bonds is 7.